The first-order valence-electron chi connectivity index (χ1n) is 3.88. The highest BCUT2D eigenvalue weighted by Gasteiger charge is 2.05. The van der Waals surface area contributed by atoms with Gasteiger partial charge in [-0.25, -0.2) is 0 Å². The smallest absolute Gasteiger partial charge is 0.251 e. The Balaban J connectivity index is 0.00000169. The Bertz CT molecular complexity index is 326. The number of nitrogens with one attached hydrogen (secondary N) is 1. The molecule has 0 saturated heterocycles. The van der Waals surface area contributed by atoms with Crippen LogP contribution in [0.25, 0.3) is 0 Å². The van der Waals surface area contributed by atoms with Gasteiger partial charge in [0, 0.05) is 12.1 Å². The van der Waals surface area contributed by atoms with E-state index in [0.29, 0.717) is 22.2 Å². The van der Waals surface area contributed by atoms with Crippen molar-refractivity contribution in [3.63, 3.8) is 0 Å². The van der Waals surface area contributed by atoms with Crippen molar-refractivity contribution in [2.24, 2.45) is 0 Å². The number of amides is 1. The van der Waals surface area contributed by atoms with Gasteiger partial charge in [0.05, 0.1) is 10.0 Å². The third kappa shape index (κ3) is 3.20. The van der Waals surface area contributed by atoms with Gasteiger partial charge < -0.3 is 5.32 Å². The Morgan fingerprint density at radius 1 is 1.36 bits per heavy atom. The molecule has 14 heavy (non-hydrogen) atoms. The van der Waals surface area contributed by atoms with Crippen molar-refractivity contribution in [2.45, 2.75) is 14.4 Å². The van der Waals surface area contributed by atoms with E-state index in [-0.39, 0.29) is 13.3 Å². The SMILES string of the molecule is C.CCNC(=O)c1ccc(Cl)c(Cl)c1. The monoisotopic (exact) mass is 233 g/mol. The van der Waals surface area contributed by atoms with Crippen LogP contribution in [0.15, 0.2) is 18.2 Å². The number of hydrogen-bond donors (Lipinski definition) is 1. The second-order valence-electron chi connectivity index (χ2n) is 2.49. The second kappa shape index (κ2) is 5.89. The van der Waals surface area contributed by atoms with Gasteiger partial charge >= 0.3 is 0 Å². The van der Waals surface area contributed by atoms with Crippen LogP contribution in [-0.4, -0.2) is 12.5 Å². The standard InChI is InChI=1S/C9H9Cl2NO.CH4/c1-2-12-9(13)6-3-4-7(10)8(11)5-6;/h3-5H,2H2,1H3,(H,12,13);1H4. The minimum atomic E-state index is -0.138. The van der Waals surface area contributed by atoms with Gasteiger partial charge in [0.1, 0.15) is 0 Å². The molecule has 0 aliphatic rings. The molecule has 0 fully saturated rings. The van der Waals surface area contributed by atoms with Gasteiger partial charge in [-0.05, 0) is 25.1 Å². The predicted molar refractivity (Wildman–Crippen MR) is 61.2 cm³/mol. The van der Waals surface area contributed by atoms with E-state index in [2.05, 4.69) is 5.32 Å². The summed E-state index contributed by atoms with van der Waals surface area (Å²) in [5, 5.41) is 3.52. The Morgan fingerprint density at radius 2 is 2.00 bits per heavy atom. The molecule has 0 atom stereocenters. The topological polar surface area (TPSA) is 29.1 Å². The molecule has 0 spiro atoms. The maximum Gasteiger partial charge on any atom is 0.251 e. The summed E-state index contributed by atoms with van der Waals surface area (Å²) in [5.41, 5.74) is 0.524. The van der Waals surface area contributed by atoms with Crippen molar-refractivity contribution in [1.82, 2.24) is 5.32 Å². The van der Waals surface area contributed by atoms with Crippen molar-refractivity contribution in [2.75, 3.05) is 6.54 Å². The minimum absolute atomic E-state index is 0. The Morgan fingerprint density at radius 3 is 2.50 bits per heavy atom. The van der Waals surface area contributed by atoms with Crippen LogP contribution in [0.2, 0.25) is 10.0 Å². The van der Waals surface area contributed by atoms with Crippen LogP contribution in [0.4, 0.5) is 0 Å². The molecule has 4 heteroatoms. The molecule has 0 heterocycles. The summed E-state index contributed by atoms with van der Waals surface area (Å²) in [6.07, 6.45) is 0. The number of hydrogen-bond acceptors (Lipinski definition) is 1. The van der Waals surface area contributed by atoms with Crippen LogP contribution in [0, 0.1) is 0 Å². The number of carbonyl (C=O) groups excluding carboxylic acids is 1. The number of halogens is 2. The summed E-state index contributed by atoms with van der Waals surface area (Å²) in [6, 6.07) is 4.79. The molecule has 0 bridgehead atoms. The number of rotatable bonds is 2. The lowest BCUT2D eigenvalue weighted by Gasteiger charge is -2.02. The van der Waals surface area contributed by atoms with Gasteiger partial charge in [0.15, 0.2) is 0 Å². The van der Waals surface area contributed by atoms with E-state index in [1.165, 1.54) is 0 Å². The van der Waals surface area contributed by atoms with Crippen LogP contribution in [0.3, 0.4) is 0 Å². The molecular weight excluding hydrogens is 221 g/mol. The van der Waals surface area contributed by atoms with Crippen molar-refractivity contribution in [1.29, 1.82) is 0 Å². The maximum atomic E-state index is 11.3. The Kier molecular flexibility index (Phi) is 5.58. The van der Waals surface area contributed by atoms with Gasteiger partial charge in [-0.3, -0.25) is 4.79 Å². The highest BCUT2D eigenvalue weighted by Crippen LogP contribution is 2.22. The Hall–Kier alpha value is -0.730. The molecule has 1 aromatic carbocycles. The molecule has 0 aliphatic carbocycles. The van der Waals surface area contributed by atoms with Crippen LogP contribution >= 0.6 is 23.2 Å². The number of benzene rings is 1. The maximum absolute atomic E-state index is 11.3. The lowest BCUT2D eigenvalue weighted by molar-refractivity contribution is 0.0956. The van der Waals surface area contributed by atoms with E-state index in [1.54, 1.807) is 18.2 Å². The first kappa shape index (κ1) is 13.3. The van der Waals surface area contributed by atoms with E-state index in [1.807, 2.05) is 6.92 Å². The molecule has 1 amide bonds. The van der Waals surface area contributed by atoms with E-state index in [0.717, 1.165) is 0 Å². The highest BCUT2D eigenvalue weighted by molar-refractivity contribution is 6.42. The summed E-state index contributed by atoms with van der Waals surface area (Å²) in [4.78, 5) is 11.3. The average Bonchev–Trinajstić information content (AvgIpc) is 2.10. The molecule has 1 N–H and O–H groups in total. The fraction of sp³-hybridized carbons (Fsp3) is 0.300. The van der Waals surface area contributed by atoms with Gasteiger partial charge in [0.25, 0.3) is 5.91 Å². The third-order valence-electron chi connectivity index (χ3n) is 1.52. The highest BCUT2D eigenvalue weighted by atomic mass is 35.5. The van der Waals surface area contributed by atoms with Gasteiger partial charge in [0.2, 0.25) is 0 Å². The molecule has 0 aliphatic heterocycles. The summed E-state index contributed by atoms with van der Waals surface area (Å²) in [6.45, 7) is 2.45. The molecule has 2 nitrogen and oxygen atoms in total. The third-order valence-corrected chi connectivity index (χ3v) is 2.26. The summed E-state index contributed by atoms with van der Waals surface area (Å²) in [7, 11) is 0. The van der Waals surface area contributed by atoms with Gasteiger partial charge in [-0.1, -0.05) is 30.6 Å². The fourth-order valence-corrected chi connectivity index (χ4v) is 1.20. The normalized spacial score (nSPS) is 9.07. The van der Waals surface area contributed by atoms with Crippen molar-refractivity contribution in [3.05, 3.63) is 33.8 Å². The molecule has 0 unspecified atom stereocenters. The molecule has 0 aromatic heterocycles. The first-order chi connectivity index (χ1) is 6.15. The van der Waals surface area contributed by atoms with Gasteiger partial charge in [-0.2, -0.15) is 0 Å². The van der Waals surface area contributed by atoms with Crippen molar-refractivity contribution >= 4 is 29.1 Å². The van der Waals surface area contributed by atoms with E-state index in [4.69, 9.17) is 23.2 Å². The largest absolute Gasteiger partial charge is 0.352 e. The van der Waals surface area contributed by atoms with Crippen molar-refractivity contribution < 1.29 is 4.79 Å². The predicted octanol–water partition coefficient (Wildman–Crippen LogP) is 3.38. The zero-order valence-electron chi connectivity index (χ0n) is 7.10. The lowest BCUT2D eigenvalue weighted by atomic mass is 10.2. The molecule has 78 valence electrons. The second-order valence-corrected chi connectivity index (χ2v) is 3.30. The van der Waals surface area contributed by atoms with Gasteiger partial charge in [-0.15, -0.1) is 0 Å². The molecule has 1 aromatic rings. The van der Waals surface area contributed by atoms with Crippen LogP contribution in [0.1, 0.15) is 24.7 Å². The van der Waals surface area contributed by atoms with Crippen LogP contribution in [-0.2, 0) is 0 Å². The Labute approximate surface area is 94.2 Å². The molecule has 1 rings (SSSR count). The minimum Gasteiger partial charge on any atom is -0.352 e. The van der Waals surface area contributed by atoms with Crippen LogP contribution in [0.5, 0.6) is 0 Å². The average molecular weight is 234 g/mol. The van der Waals surface area contributed by atoms with E-state index < -0.39 is 0 Å². The summed E-state index contributed by atoms with van der Waals surface area (Å²) < 4.78 is 0. The zero-order chi connectivity index (χ0) is 9.84. The molecule has 0 saturated carbocycles. The quantitative estimate of drug-likeness (QED) is 0.834. The van der Waals surface area contributed by atoms with E-state index >= 15 is 0 Å². The summed E-state index contributed by atoms with van der Waals surface area (Å²) >= 11 is 11.4. The number of carbonyl (C=O) groups is 1. The lowest BCUT2D eigenvalue weighted by Crippen LogP contribution is -2.22. The first-order valence-corrected chi connectivity index (χ1v) is 4.64. The molecule has 0 radical (unpaired) electrons. The van der Waals surface area contributed by atoms with E-state index in [9.17, 15) is 4.79 Å². The summed E-state index contributed by atoms with van der Waals surface area (Å²) in [5.74, 6) is -0.138. The van der Waals surface area contributed by atoms with Crippen molar-refractivity contribution in [3.8, 4) is 0 Å². The van der Waals surface area contributed by atoms with Crippen LogP contribution < -0.4 is 5.32 Å². The zero-order valence-corrected chi connectivity index (χ0v) is 8.62. The molecular formula is C10H13Cl2NO. The fourth-order valence-electron chi connectivity index (χ4n) is 0.900.